The summed E-state index contributed by atoms with van der Waals surface area (Å²) in [6.07, 6.45) is 0.494. The number of carbonyl (C=O) groups is 1. The van der Waals surface area contributed by atoms with Crippen molar-refractivity contribution in [2.24, 2.45) is 0 Å². The largest absolute Gasteiger partial charge is 0.310 e. The molecule has 4 heteroatoms. The third-order valence-corrected chi connectivity index (χ3v) is 2.91. The van der Waals surface area contributed by atoms with E-state index < -0.39 is 0 Å². The molecule has 1 saturated heterocycles. The fourth-order valence-electron chi connectivity index (χ4n) is 1.59. The highest BCUT2D eigenvalue weighted by atomic mass is 35.5. The normalized spacial score (nSPS) is 21.7. The summed E-state index contributed by atoms with van der Waals surface area (Å²) in [6.45, 7) is 0.645. The van der Waals surface area contributed by atoms with Crippen LogP contribution < -0.4 is 4.90 Å². The minimum Gasteiger partial charge on any atom is -0.310 e. The molecule has 1 fully saturated rings. The number of nitrogens with zero attached hydrogens (tertiary/aromatic N) is 1. The number of anilines is 1. The van der Waals surface area contributed by atoms with Gasteiger partial charge >= 0.3 is 0 Å². The number of benzene rings is 1. The molecule has 0 aliphatic carbocycles. The van der Waals surface area contributed by atoms with Gasteiger partial charge in [-0.2, -0.15) is 12.6 Å². The van der Waals surface area contributed by atoms with Crippen molar-refractivity contribution >= 4 is 35.8 Å². The van der Waals surface area contributed by atoms with Gasteiger partial charge in [-0.25, -0.2) is 0 Å². The molecule has 1 aromatic carbocycles. The molecule has 0 aromatic heterocycles. The number of carbonyl (C=O) groups excluding carboxylic acids is 1. The molecule has 1 unspecified atom stereocenters. The Morgan fingerprint density at radius 3 is 2.71 bits per heavy atom. The van der Waals surface area contributed by atoms with Crippen LogP contribution in [0.1, 0.15) is 6.42 Å². The third kappa shape index (κ3) is 1.74. The van der Waals surface area contributed by atoms with Crippen LogP contribution in [0.15, 0.2) is 24.3 Å². The molecular formula is C10H10ClNOS. The predicted octanol–water partition coefficient (Wildman–Crippen LogP) is 2.38. The van der Waals surface area contributed by atoms with Crippen LogP contribution in [0.5, 0.6) is 0 Å². The molecule has 1 amide bonds. The lowest BCUT2D eigenvalue weighted by Gasteiger charge is -2.17. The molecule has 14 heavy (non-hydrogen) atoms. The average molecular weight is 228 g/mol. The molecule has 1 aliphatic rings. The second-order valence-corrected chi connectivity index (χ2v) is 4.45. The van der Waals surface area contributed by atoms with Gasteiger partial charge in [0.15, 0.2) is 0 Å². The summed E-state index contributed by atoms with van der Waals surface area (Å²) < 4.78 is 0. The minimum atomic E-state index is 0.0955. The number of thiol groups is 1. The van der Waals surface area contributed by atoms with Crippen LogP contribution in [0.4, 0.5) is 5.69 Å². The monoisotopic (exact) mass is 227 g/mol. The topological polar surface area (TPSA) is 20.3 Å². The maximum Gasteiger partial charge on any atom is 0.228 e. The summed E-state index contributed by atoms with van der Waals surface area (Å²) in [4.78, 5) is 13.3. The zero-order valence-electron chi connectivity index (χ0n) is 7.48. The van der Waals surface area contributed by atoms with Crippen molar-refractivity contribution in [3.05, 3.63) is 29.3 Å². The van der Waals surface area contributed by atoms with E-state index in [0.717, 1.165) is 5.69 Å². The molecule has 0 bridgehead atoms. The van der Waals surface area contributed by atoms with Crippen LogP contribution in [0.3, 0.4) is 0 Å². The first-order chi connectivity index (χ1) is 6.68. The number of hydrogen-bond donors (Lipinski definition) is 1. The smallest absolute Gasteiger partial charge is 0.228 e. The molecule has 1 heterocycles. The van der Waals surface area contributed by atoms with Crippen LogP contribution >= 0.6 is 24.2 Å². The zero-order chi connectivity index (χ0) is 10.1. The van der Waals surface area contributed by atoms with Gasteiger partial charge in [0.05, 0.1) is 10.7 Å². The summed E-state index contributed by atoms with van der Waals surface area (Å²) in [5.41, 5.74) is 0.788. The van der Waals surface area contributed by atoms with Gasteiger partial charge < -0.3 is 4.90 Å². The number of hydrogen-bond acceptors (Lipinski definition) is 2. The zero-order valence-corrected chi connectivity index (χ0v) is 9.13. The van der Waals surface area contributed by atoms with Gasteiger partial charge in [0, 0.05) is 18.2 Å². The van der Waals surface area contributed by atoms with Gasteiger partial charge in [0.25, 0.3) is 0 Å². The van der Waals surface area contributed by atoms with E-state index in [0.29, 0.717) is 18.0 Å². The maximum absolute atomic E-state index is 11.6. The van der Waals surface area contributed by atoms with Gasteiger partial charge in [0.1, 0.15) is 0 Å². The van der Waals surface area contributed by atoms with E-state index in [9.17, 15) is 4.79 Å². The van der Waals surface area contributed by atoms with Crippen LogP contribution in [-0.4, -0.2) is 17.7 Å². The van der Waals surface area contributed by atoms with Crippen molar-refractivity contribution in [3.8, 4) is 0 Å². The van der Waals surface area contributed by atoms with E-state index in [-0.39, 0.29) is 11.2 Å². The number of para-hydroxylation sites is 1. The first kappa shape index (κ1) is 9.87. The van der Waals surface area contributed by atoms with Crippen molar-refractivity contribution in [1.29, 1.82) is 0 Å². The molecule has 0 N–H and O–H groups in total. The van der Waals surface area contributed by atoms with E-state index in [1.54, 1.807) is 11.0 Å². The van der Waals surface area contributed by atoms with Crippen molar-refractivity contribution in [3.63, 3.8) is 0 Å². The van der Waals surface area contributed by atoms with Crippen molar-refractivity contribution in [1.82, 2.24) is 0 Å². The molecule has 74 valence electrons. The highest BCUT2D eigenvalue weighted by Gasteiger charge is 2.29. The first-order valence-corrected chi connectivity index (χ1v) is 5.31. The van der Waals surface area contributed by atoms with Gasteiger partial charge in [-0.1, -0.05) is 23.7 Å². The molecular weight excluding hydrogens is 218 g/mol. The van der Waals surface area contributed by atoms with Gasteiger partial charge in [-0.15, -0.1) is 0 Å². The molecule has 1 atom stereocenters. The highest BCUT2D eigenvalue weighted by molar-refractivity contribution is 7.81. The molecule has 0 radical (unpaired) electrons. The van der Waals surface area contributed by atoms with Crippen molar-refractivity contribution < 1.29 is 4.79 Å². The average Bonchev–Trinajstić information content (AvgIpc) is 2.46. The number of halogens is 1. The summed E-state index contributed by atoms with van der Waals surface area (Å²) in [5, 5.41) is 0.738. The summed E-state index contributed by atoms with van der Waals surface area (Å²) >= 11 is 10.3. The first-order valence-electron chi connectivity index (χ1n) is 4.41. The van der Waals surface area contributed by atoms with Crippen LogP contribution in [0.2, 0.25) is 5.02 Å². The van der Waals surface area contributed by atoms with Gasteiger partial charge in [-0.3, -0.25) is 4.79 Å². The van der Waals surface area contributed by atoms with Gasteiger partial charge in [-0.05, 0) is 12.1 Å². The summed E-state index contributed by atoms with van der Waals surface area (Å²) in [5.74, 6) is 0.0955. The standard InChI is InChI=1S/C10H10ClNOS/c11-8-3-1-2-4-9(8)12-6-7(14)5-10(12)13/h1-4,7,14H,5-6H2. The van der Waals surface area contributed by atoms with Crippen LogP contribution in [0.25, 0.3) is 0 Å². The molecule has 0 spiro atoms. The molecule has 2 rings (SSSR count). The van der Waals surface area contributed by atoms with Crippen LogP contribution in [-0.2, 0) is 4.79 Å². The Balaban J connectivity index is 2.32. The van der Waals surface area contributed by atoms with E-state index >= 15 is 0 Å². The molecule has 2 nitrogen and oxygen atoms in total. The molecule has 1 aromatic rings. The quantitative estimate of drug-likeness (QED) is 0.731. The lowest BCUT2D eigenvalue weighted by molar-refractivity contribution is -0.117. The predicted molar refractivity (Wildman–Crippen MR) is 61.2 cm³/mol. The van der Waals surface area contributed by atoms with E-state index in [1.807, 2.05) is 18.2 Å². The second-order valence-electron chi connectivity index (χ2n) is 3.31. The van der Waals surface area contributed by atoms with Gasteiger partial charge in [0.2, 0.25) is 5.91 Å². The lowest BCUT2D eigenvalue weighted by atomic mass is 10.3. The fraction of sp³-hybridized carbons (Fsp3) is 0.300. The third-order valence-electron chi connectivity index (χ3n) is 2.25. The summed E-state index contributed by atoms with van der Waals surface area (Å²) in [6, 6.07) is 7.37. The SMILES string of the molecule is O=C1CC(S)CN1c1ccccc1Cl. The van der Waals surface area contributed by atoms with Crippen molar-refractivity contribution in [2.75, 3.05) is 11.4 Å². The van der Waals surface area contributed by atoms with E-state index in [2.05, 4.69) is 12.6 Å². The van der Waals surface area contributed by atoms with Crippen molar-refractivity contribution in [2.45, 2.75) is 11.7 Å². The van der Waals surface area contributed by atoms with Crippen LogP contribution in [0, 0.1) is 0 Å². The number of rotatable bonds is 1. The minimum absolute atomic E-state index is 0.0955. The highest BCUT2D eigenvalue weighted by Crippen LogP contribution is 2.29. The maximum atomic E-state index is 11.6. The Kier molecular flexibility index (Phi) is 2.70. The molecule has 1 aliphatic heterocycles. The fourth-order valence-corrected chi connectivity index (χ4v) is 2.15. The Labute approximate surface area is 93.3 Å². The Hall–Kier alpha value is -0.670. The lowest BCUT2D eigenvalue weighted by Crippen LogP contribution is -2.24. The number of amides is 1. The second kappa shape index (κ2) is 3.83. The molecule has 0 saturated carbocycles. The Morgan fingerprint density at radius 2 is 2.14 bits per heavy atom. The van der Waals surface area contributed by atoms with E-state index in [4.69, 9.17) is 11.6 Å². The Morgan fingerprint density at radius 1 is 1.43 bits per heavy atom. The summed E-state index contributed by atoms with van der Waals surface area (Å²) in [7, 11) is 0. The Bertz CT molecular complexity index is 369. The van der Waals surface area contributed by atoms with E-state index in [1.165, 1.54) is 0 Å².